The van der Waals surface area contributed by atoms with E-state index in [-0.39, 0.29) is 24.0 Å². The number of hydrogen-bond donors (Lipinski definition) is 2. The Kier molecular flexibility index (Phi) is 8.00. The lowest BCUT2D eigenvalue weighted by Gasteiger charge is -1.98. The van der Waals surface area contributed by atoms with Gasteiger partial charge in [0.1, 0.15) is 0 Å². The molecule has 0 radical (unpaired) electrons. The Bertz CT molecular complexity index is 559. The normalized spacial score (nSPS) is 10.9. The number of rotatable bonds is 6. The molecule has 7 nitrogen and oxygen atoms in total. The summed E-state index contributed by atoms with van der Waals surface area (Å²) in [5, 5.41) is 22.8. The van der Waals surface area contributed by atoms with Gasteiger partial charge in [-0.2, -0.15) is 9.13 Å². The second-order valence-corrected chi connectivity index (χ2v) is 4.24. The summed E-state index contributed by atoms with van der Waals surface area (Å²) in [4.78, 5) is 0. The summed E-state index contributed by atoms with van der Waals surface area (Å²) >= 11 is 0. The van der Waals surface area contributed by atoms with Crippen molar-refractivity contribution in [3.8, 4) is 0 Å². The van der Waals surface area contributed by atoms with Gasteiger partial charge in [-0.05, 0) is 0 Å². The van der Waals surface area contributed by atoms with Crippen LogP contribution in [0, 0.1) is 0 Å². The number of nitrogens with zero attached hydrogens (tertiary/aromatic N) is 4. The fourth-order valence-electron chi connectivity index (χ4n) is 1.67. The number of pyridine rings is 2. The third kappa shape index (κ3) is 5.74. The van der Waals surface area contributed by atoms with Crippen molar-refractivity contribution >= 4 is 12.4 Å². The summed E-state index contributed by atoms with van der Waals surface area (Å²) in [6, 6.07) is 7.27. The molecule has 22 heavy (non-hydrogen) atoms. The molecular formula is C14H16IN4O3+. The molecule has 2 aromatic rings. The van der Waals surface area contributed by atoms with E-state index in [0.29, 0.717) is 13.5 Å². The molecule has 0 spiro atoms. The lowest BCUT2D eigenvalue weighted by atomic mass is 10.3. The average Bonchev–Trinajstić information content (AvgIpc) is 2.51. The van der Waals surface area contributed by atoms with Gasteiger partial charge >= 0.3 is 0 Å². The number of oxime groups is 2. The van der Waals surface area contributed by atoms with E-state index in [1.807, 2.05) is 58.2 Å². The third-order valence-corrected chi connectivity index (χ3v) is 2.73. The Hall–Kier alpha value is -2.07. The van der Waals surface area contributed by atoms with Crippen LogP contribution < -0.4 is 33.1 Å². The molecular weight excluding hydrogens is 399 g/mol. The van der Waals surface area contributed by atoms with Crippen LogP contribution in [0.1, 0.15) is 11.1 Å². The first-order valence-electron chi connectivity index (χ1n) is 6.22. The molecule has 0 saturated carbocycles. The molecule has 2 aromatic heterocycles. The Morgan fingerprint density at radius 1 is 0.818 bits per heavy atom. The zero-order valence-corrected chi connectivity index (χ0v) is 13.8. The van der Waals surface area contributed by atoms with E-state index < -0.39 is 0 Å². The average molecular weight is 415 g/mol. The molecule has 0 bridgehead atoms. The predicted octanol–water partition coefficient (Wildman–Crippen LogP) is -2.49. The molecule has 0 aliphatic carbocycles. The van der Waals surface area contributed by atoms with Gasteiger partial charge in [0.05, 0.1) is 12.4 Å². The molecule has 0 aromatic carbocycles. The van der Waals surface area contributed by atoms with Crippen LogP contribution in [0.4, 0.5) is 0 Å². The highest BCUT2D eigenvalue weighted by Gasteiger charge is 2.04. The molecule has 8 heteroatoms. The topological polar surface area (TPSA) is 82.2 Å². The zero-order chi connectivity index (χ0) is 14.9. The number of aromatic nitrogens is 2. The highest BCUT2D eigenvalue weighted by atomic mass is 127. The largest absolute Gasteiger partial charge is 1.00 e. The predicted molar refractivity (Wildman–Crippen MR) is 73.1 cm³/mol. The van der Waals surface area contributed by atoms with E-state index >= 15 is 0 Å². The van der Waals surface area contributed by atoms with Crippen LogP contribution in [0.25, 0.3) is 0 Å². The van der Waals surface area contributed by atoms with Crippen molar-refractivity contribution in [1.82, 2.24) is 0 Å². The maximum atomic E-state index is 8.42. The standard InChI is InChI=1S/C14H14N4O3.HI/c19-15-9-13-1-5-17(6-2-13)11-21-12-18-7-3-14(4-8-18)10-16-20;/h1-10H,11-12H2;1H/p+1. The van der Waals surface area contributed by atoms with Crippen LogP contribution in [-0.2, 0) is 18.2 Å². The second kappa shape index (κ2) is 9.79. The first-order valence-corrected chi connectivity index (χ1v) is 6.22. The summed E-state index contributed by atoms with van der Waals surface area (Å²) in [5.74, 6) is 0. The summed E-state index contributed by atoms with van der Waals surface area (Å²) in [5.41, 5.74) is 1.62. The van der Waals surface area contributed by atoms with Crippen molar-refractivity contribution in [2.24, 2.45) is 10.3 Å². The van der Waals surface area contributed by atoms with Gasteiger partial charge in [-0.25, -0.2) is 0 Å². The van der Waals surface area contributed by atoms with E-state index in [4.69, 9.17) is 15.2 Å². The molecule has 0 unspecified atom stereocenters. The van der Waals surface area contributed by atoms with Crippen LogP contribution in [0.5, 0.6) is 0 Å². The fourth-order valence-corrected chi connectivity index (χ4v) is 1.67. The quantitative estimate of drug-likeness (QED) is 0.180. The van der Waals surface area contributed by atoms with Gasteiger partial charge in [-0.15, -0.1) is 0 Å². The van der Waals surface area contributed by atoms with Gasteiger partial charge in [0, 0.05) is 35.4 Å². The molecule has 0 aliphatic heterocycles. The maximum Gasteiger partial charge on any atom is 0.257 e. The first-order chi connectivity index (χ1) is 10.3. The Morgan fingerprint density at radius 2 is 1.18 bits per heavy atom. The van der Waals surface area contributed by atoms with E-state index in [2.05, 4.69) is 10.3 Å². The second-order valence-electron chi connectivity index (χ2n) is 4.24. The minimum atomic E-state index is 0. The molecule has 0 fully saturated rings. The molecule has 0 atom stereocenters. The van der Waals surface area contributed by atoms with E-state index in [9.17, 15) is 0 Å². The lowest BCUT2D eigenvalue weighted by Crippen LogP contribution is -3.00. The van der Waals surface area contributed by atoms with Gasteiger partial charge in [0.15, 0.2) is 24.8 Å². The maximum absolute atomic E-state index is 8.42. The van der Waals surface area contributed by atoms with Crippen LogP contribution in [0.15, 0.2) is 59.4 Å². The van der Waals surface area contributed by atoms with Gasteiger partial charge < -0.3 is 34.4 Å². The molecule has 2 N–H and O–H groups in total. The monoisotopic (exact) mass is 415 g/mol. The fraction of sp³-hybridized carbons (Fsp3) is 0.143. The van der Waals surface area contributed by atoms with Gasteiger partial charge in [-0.1, -0.05) is 10.3 Å². The lowest BCUT2D eigenvalue weighted by molar-refractivity contribution is -0.788. The van der Waals surface area contributed by atoms with Crippen molar-refractivity contribution in [1.29, 1.82) is 0 Å². The Labute approximate surface area is 144 Å². The molecule has 2 rings (SSSR count). The number of halogens is 1. The first kappa shape index (κ1) is 18.0. The SMILES string of the molecule is O/N=C/c1cc[n+](COC[n+]2ccc(/C=N/O)cc2)cc1.[I-]. The van der Waals surface area contributed by atoms with Crippen molar-refractivity contribution in [3.05, 3.63) is 60.2 Å². The summed E-state index contributed by atoms with van der Waals surface area (Å²) in [6.45, 7) is 0.812. The molecule has 0 amide bonds. The van der Waals surface area contributed by atoms with E-state index in [1.54, 1.807) is 0 Å². The van der Waals surface area contributed by atoms with E-state index in [1.165, 1.54) is 12.4 Å². The Balaban J connectivity index is 0.00000242. The number of ether oxygens (including phenoxy) is 1. The minimum absolute atomic E-state index is 0. The van der Waals surface area contributed by atoms with Crippen molar-refractivity contribution in [3.63, 3.8) is 0 Å². The van der Waals surface area contributed by atoms with Crippen LogP contribution in [0.2, 0.25) is 0 Å². The summed E-state index contributed by atoms with van der Waals surface area (Å²) in [7, 11) is 0. The molecule has 0 saturated heterocycles. The zero-order valence-electron chi connectivity index (χ0n) is 11.7. The minimum Gasteiger partial charge on any atom is -1.00 e. The van der Waals surface area contributed by atoms with Gasteiger partial charge in [-0.3, -0.25) is 4.74 Å². The van der Waals surface area contributed by atoms with Gasteiger partial charge in [0.25, 0.3) is 13.5 Å². The van der Waals surface area contributed by atoms with Crippen molar-refractivity contribution in [2.75, 3.05) is 0 Å². The van der Waals surface area contributed by atoms with Crippen LogP contribution in [0.3, 0.4) is 0 Å². The highest BCUT2D eigenvalue weighted by Crippen LogP contribution is 1.91. The van der Waals surface area contributed by atoms with Gasteiger partial charge in [0.2, 0.25) is 0 Å². The molecule has 116 valence electrons. The summed E-state index contributed by atoms with van der Waals surface area (Å²) < 4.78 is 9.29. The highest BCUT2D eigenvalue weighted by molar-refractivity contribution is 5.78. The smallest absolute Gasteiger partial charge is 0.257 e. The van der Waals surface area contributed by atoms with Crippen molar-refractivity contribution < 1.29 is 48.3 Å². The summed E-state index contributed by atoms with van der Waals surface area (Å²) in [6.07, 6.45) is 10.1. The third-order valence-electron chi connectivity index (χ3n) is 2.73. The van der Waals surface area contributed by atoms with Crippen LogP contribution in [-0.4, -0.2) is 22.8 Å². The Morgan fingerprint density at radius 3 is 1.50 bits per heavy atom. The van der Waals surface area contributed by atoms with Crippen molar-refractivity contribution in [2.45, 2.75) is 13.5 Å². The number of hydrogen-bond acceptors (Lipinski definition) is 5. The molecule has 2 heterocycles. The van der Waals surface area contributed by atoms with Crippen LogP contribution >= 0.6 is 0 Å². The van der Waals surface area contributed by atoms with E-state index in [0.717, 1.165) is 11.1 Å². The molecule has 0 aliphatic rings.